The Morgan fingerprint density at radius 2 is 2.03 bits per heavy atom. The summed E-state index contributed by atoms with van der Waals surface area (Å²) in [5.74, 6) is 1.52. The molecule has 3 aromatic rings. The number of aromatic nitrogens is 3. The highest BCUT2D eigenvalue weighted by molar-refractivity contribution is 7.98. The standard InChI is InChI=1S/C25H27ClN4O3S/c1-5-32-19-11-8-10-17(13-19)22-21(23(31)33-15(2)3)16(4)27-24-28-25(29-30(22)24)34-14-18-9-6-7-12-20(18)26/h6-13,15,22H,5,14H2,1-4H3,(H,27,28,29). The van der Waals surface area contributed by atoms with E-state index in [0.29, 0.717) is 39.8 Å². The topological polar surface area (TPSA) is 78.3 Å². The highest BCUT2D eigenvalue weighted by Crippen LogP contribution is 2.38. The third-order valence-electron chi connectivity index (χ3n) is 5.20. The molecule has 0 saturated carbocycles. The molecule has 1 N–H and O–H groups in total. The largest absolute Gasteiger partial charge is 0.494 e. The Bertz CT molecular complexity index is 1220. The molecule has 0 bridgehead atoms. The van der Waals surface area contributed by atoms with Crippen LogP contribution in [0.5, 0.6) is 5.75 Å². The van der Waals surface area contributed by atoms with E-state index >= 15 is 0 Å². The van der Waals surface area contributed by atoms with Gasteiger partial charge in [0.15, 0.2) is 0 Å². The minimum atomic E-state index is -0.509. The van der Waals surface area contributed by atoms with E-state index in [0.717, 1.165) is 16.9 Å². The molecular weight excluding hydrogens is 472 g/mol. The van der Waals surface area contributed by atoms with E-state index in [9.17, 15) is 4.79 Å². The number of nitrogens with zero attached hydrogens (tertiary/aromatic N) is 3. The zero-order chi connectivity index (χ0) is 24.2. The van der Waals surface area contributed by atoms with Crippen LogP contribution in [0.25, 0.3) is 0 Å². The Kier molecular flexibility index (Phi) is 7.48. The van der Waals surface area contributed by atoms with E-state index in [1.54, 1.807) is 4.68 Å². The summed E-state index contributed by atoms with van der Waals surface area (Å²) < 4.78 is 13.0. The maximum absolute atomic E-state index is 13.1. The number of hydrogen-bond acceptors (Lipinski definition) is 7. The lowest BCUT2D eigenvalue weighted by Gasteiger charge is -2.28. The van der Waals surface area contributed by atoms with E-state index in [2.05, 4.69) is 10.3 Å². The van der Waals surface area contributed by atoms with Crippen molar-refractivity contribution in [3.05, 3.63) is 76.0 Å². The molecule has 0 amide bonds. The predicted molar refractivity (Wildman–Crippen MR) is 134 cm³/mol. The first-order valence-corrected chi connectivity index (χ1v) is 12.5. The number of nitrogens with one attached hydrogen (secondary N) is 1. The van der Waals surface area contributed by atoms with Gasteiger partial charge in [-0.25, -0.2) is 9.48 Å². The molecule has 1 atom stereocenters. The number of allylic oxidation sites excluding steroid dienone is 1. The van der Waals surface area contributed by atoms with Crippen LogP contribution in [0.15, 0.2) is 65.0 Å². The van der Waals surface area contributed by atoms with E-state index in [1.807, 2.05) is 76.2 Å². The fourth-order valence-corrected chi connectivity index (χ4v) is 4.86. The van der Waals surface area contributed by atoms with Crippen LogP contribution in [0, 0.1) is 0 Å². The lowest BCUT2D eigenvalue weighted by Crippen LogP contribution is -2.30. The summed E-state index contributed by atoms with van der Waals surface area (Å²) in [5, 5.41) is 9.28. The first-order valence-electron chi connectivity index (χ1n) is 11.1. The Balaban J connectivity index is 1.72. The minimum absolute atomic E-state index is 0.248. The summed E-state index contributed by atoms with van der Waals surface area (Å²) in [6.45, 7) is 8.00. The number of carbonyl (C=O) groups is 1. The van der Waals surface area contributed by atoms with E-state index in [1.165, 1.54) is 11.8 Å². The van der Waals surface area contributed by atoms with Gasteiger partial charge >= 0.3 is 5.97 Å². The van der Waals surface area contributed by atoms with Gasteiger partial charge in [0.2, 0.25) is 11.1 Å². The number of rotatable bonds is 8. The zero-order valence-electron chi connectivity index (χ0n) is 19.5. The molecule has 7 nitrogen and oxygen atoms in total. The fraction of sp³-hybridized carbons (Fsp3) is 0.320. The molecule has 0 radical (unpaired) electrons. The number of thioether (sulfide) groups is 1. The van der Waals surface area contributed by atoms with Crippen molar-refractivity contribution in [3.8, 4) is 5.75 Å². The van der Waals surface area contributed by atoms with Gasteiger partial charge in [-0.05, 0) is 57.0 Å². The number of anilines is 1. The summed E-state index contributed by atoms with van der Waals surface area (Å²) >= 11 is 7.79. The van der Waals surface area contributed by atoms with Crippen molar-refractivity contribution in [3.63, 3.8) is 0 Å². The van der Waals surface area contributed by atoms with Crippen LogP contribution in [0.3, 0.4) is 0 Å². The molecule has 178 valence electrons. The predicted octanol–water partition coefficient (Wildman–Crippen LogP) is 5.86. The monoisotopic (exact) mass is 498 g/mol. The minimum Gasteiger partial charge on any atom is -0.494 e. The van der Waals surface area contributed by atoms with Crippen LogP contribution < -0.4 is 10.1 Å². The van der Waals surface area contributed by atoms with Crippen molar-refractivity contribution in [2.75, 3.05) is 11.9 Å². The van der Waals surface area contributed by atoms with E-state index in [-0.39, 0.29) is 6.10 Å². The number of fused-ring (bicyclic) bond motifs is 1. The van der Waals surface area contributed by atoms with Crippen molar-refractivity contribution in [1.82, 2.24) is 14.8 Å². The average molecular weight is 499 g/mol. The van der Waals surface area contributed by atoms with Crippen LogP contribution in [-0.2, 0) is 15.3 Å². The second-order valence-corrected chi connectivity index (χ2v) is 9.42. The lowest BCUT2D eigenvalue weighted by molar-refractivity contribution is -0.143. The molecule has 1 aliphatic heterocycles. The Hall–Kier alpha value is -2.97. The quantitative estimate of drug-likeness (QED) is 0.307. The normalized spacial score (nSPS) is 15.2. The van der Waals surface area contributed by atoms with Crippen LogP contribution in [0.1, 0.15) is 44.9 Å². The van der Waals surface area contributed by atoms with Gasteiger partial charge in [0.05, 0.1) is 18.3 Å². The van der Waals surface area contributed by atoms with Gasteiger partial charge in [-0.1, -0.05) is 53.7 Å². The van der Waals surface area contributed by atoms with Crippen molar-refractivity contribution < 1.29 is 14.3 Å². The highest BCUT2D eigenvalue weighted by Gasteiger charge is 2.35. The molecule has 1 aliphatic rings. The number of carbonyl (C=O) groups excluding carboxylic acids is 1. The molecular formula is C25H27ClN4O3S. The first kappa shape index (κ1) is 24.2. The fourth-order valence-electron chi connectivity index (χ4n) is 3.74. The Morgan fingerprint density at radius 3 is 2.76 bits per heavy atom. The summed E-state index contributed by atoms with van der Waals surface area (Å²) in [7, 11) is 0. The molecule has 9 heteroatoms. The summed E-state index contributed by atoms with van der Waals surface area (Å²) in [6, 6.07) is 14.9. The van der Waals surface area contributed by atoms with Gasteiger partial charge in [-0.2, -0.15) is 4.98 Å². The molecule has 0 spiro atoms. The summed E-state index contributed by atoms with van der Waals surface area (Å²) in [4.78, 5) is 17.8. The van der Waals surface area contributed by atoms with Crippen LogP contribution >= 0.6 is 23.4 Å². The molecule has 1 unspecified atom stereocenters. The molecule has 1 aromatic heterocycles. The van der Waals surface area contributed by atoms with E-state index < -0.39 is 12.0 Å². The molecule has 0 aliphatic carbocycles. The highest BCUT2D eigenvalue weighted by atomic mass is 35.5. The van der Waals surface area contributed by atoms with Crippen molar-refractivity contribution in [2.24, 2.45) is 0 Å². The number of hydrogen-bond donors (Lipinski definition) is 1. The summed E-state index contributed by atoms with van der Waals surface area (Å²) in [6.07, 6.45) is -0.248. The van der Waals surface area contributed by atoms with Crippen LogP contribution in [0.4, 0.5) is 5.95 Å². The number of benzene rings is 2. The van der Waals surface area contributed by atoms with Crippen molar-refractivity contribution >= 4 is 35.3 Å². The smallest absolute Gasteiger partial charge is 0.338 e. The summed E-state index contributed by atoms with van der Waals surface area (Å²) in [5.41, 5.74) is 3.03. The third kappa shape index (κ3) is 5.23. The van der Waals surface area contributed by atoms with Gasteiger partial charge in [0, 0.05) is 16.5 Å². The van der Waals surface area contributed by atoms with Gasteiger partial charge in [-0.3, -0.25) is 0 Å². The molecule has 4 rings (SSSR count). The Morgan fingerprint density at radius 1 is 1.24 bits per heavy atom. The molecule has 34 heavy (non-hydrogen) atoms. The SMILES string of the molecule is CCOc1cccc(C2C(C(=O)OC(C)C)=C(C)Nc3nc(SCc4ccccc4Cl)nn32)c1. The zero-order valence-corrected chi connectivity index (χ0v) is 21.1. The van der Waals surface area contributed by atoms with Crippen LogP contribution in [0.2, 0.25) is 5.02 Å². The number of esters is 1. The first-order chi connectivity index (χ1) is 16.4. The van der Waals surface area contributed by atoms with Gasteiger partial charge in [-0.15, -0.1) is 5.10 Å². The maximum Gasteiger partial charge on any atom is 0.338 e. The molecule has 0 saturated heterocycles. The average Bonchev–Trinajstić information content (AvgIpc) is 3.19. The van der Waals surface area contributed by atoms with Gasteiger partial charge in [0.1, 0.15) is 11.8 Å². The number of ether oxygens (including phenoxy) is 2. The molecule has 0 fully saturated rings. The second kappa shape index (κ2) is 10.5. The lowest BCUT2D eigenvalue weighted by atomic mass is 9.95. The Labute approximate surface area is 208 Å². The molecule has 2 aromatic carbocycles. The van der Waals surface area contributed by atoms with Gasteiger partial charge < -0.3 is 14.8 Å². The van der Waals surface area contributed by atoms with E-state index in [4.69, 9.17) is 26.2 Å². The van der Waals surface area contributed by atoms with Crippen molar-refractivity contribution in [2.45, 2.75) is 50.8 Å². The molecule has 2 heterocycles. The maximum atomic E-state index is 13.1. The van der Waals surface area contributed by atoms with Crippen molar-refractivity contribution in [1.29, 1.82) is 0 Å². The van der Waals surface area contributed by atoms with Gasteiger partial charge in [0.25, 0.3) is 0 Å². The number of halogens is 1. The van der Waals surface area contributed by atoms with Crippen LogP contribution in [-0.4, -0.2) is 33.4 Å². The third-order valence-corrected chi connectivity index (χ3v) is 6.45. The second-order valence-electron chi connectivity index (χ2n) is 8.07.